The number of para-hydroxylation sites is 1. The molecule has 3 heterocycles. The first-order valence-electron chi connectivity index (χ1n) is 10.1. The second-order valence-electron chi connectivity index (χ2n) is 7.86. The van der Waals surface area contributed by atoms with Gasteiger partial charge in [-0.05, 0) is 30.9 Å². The number of hydrogen-bond acceptors (Lipinski definition) is 4. The van der Waals surface area contributed by atoms with Crippen molar-refractivity contribution in [3.05, 3.63) is 61.9 Å². The van der Waals surface area contributed by atoms with Crippen LogP contribution in [0.25, 0.3) is 10.9 Å². The molecule has 0 bridgehead atoms. The lowest BCUT2D eigenvalue weighted by atomic mass is 9.93. The molecule has 1 saturated carbocycles. The van der Waals surface area contributed by atoms with Crippen LogP contribution in [-0.2, 0) is 6.42 Å². The lowest BCUT2D eigenvalue weighted by Crippen LogP contribution is -2.40. The summed E-state index contributed by atoms with van der Waals surface area (Å²) in [6.45, 7) is 0.695. The van der Waals surface area contributed by atoms with E-state index in [2.05, 4.69) is 21.4 Å². The fourth-order valence-electron chi connectivity index (χ4n) is 4.92. The van der Waals surface area contributed by atoms with Crippen LogP contribution in [0.2, 0.25) is 0 Å². The molecule has 1 unspecified atom stereocenters. The first-order valence-corrected chi connectivity index (χ1v) is 10.1. The van der Waals surface area contributed by atoms with E-state index in [1.165, 1.54) is 4.57 Å². The number of H-pyrrole nitrogens is 2. The highest BCUT2D eigenvalue weighted by Crippen LogP contribution is 2.36. The third-order valence-electron chi connectivity index (χ3n) is 6.24. The predicted molar refractivity (Wildman–Crippen MR) is 107 cm³/mol. The van der Waals surface area contributed by atoms with Gasteiger partial charge in [-0.15, -0.1) is 0 Å². The molecule has 0 saturated heterocycles. The summed E-state index contributed by atoms with van der Waals surface area (Å²) in [4.78, 5) is 31.1. The summed E-state index contributed by atoms with van der Waals surface area (Å²) in [5, 5.41) is 15.5. The Morgan fingerprint density at radius 2 is 1.82 bits per heavy atom. The molecule has 1 atom stereocenters. The van der Waals surface area contributed by atoms with Gasteiger partial charge in [-0.1, -0.05) is 37.5 Å². The van der Waals surface area contributed by atoms with E-state index in [1.807, 2.05) is 18.2 Å². The number of nitrogens with one attached hydrogen (secondary N) is 3. The van der Waals surface area contributed by atoms with E-state index >= 15 is 0 Å². The Bertz CT molecular complexity index is 1150. The van der Waals surface area contributed by atoms with Crippen molar-refractivity contribution in [2.45, 2.75) is 50.6 Å². The molecular formula is C21H24N4O3. The van der Waals surface area contributed by atoms with Gasteiger partial charge in [0.1, 0.15) is 5.56 Å². The fraction of sp³-hybridized carbons (Fsp3) is 0.429. The largest absolute Gasteiger partial charge is 0.494 e. The van der Waals surface area contributed by atoms with Gasteiger partial charge in [-0.3, -0.25) is 14.3 Å². The molecule has 7 heteroatoms. The maximum absolute atomic E-state index is 12.7. The van der Waals surface area contributed by atoms with E-state index in [4.69, 9.17) is 0 Å². The van der Waals surface area contributed by atoms with Gasteiger partial charge < -0.3 is 15.4 Å². The van der Waals surface area contributed by atoms with E-state index in [0.717, 1.165) is 60.7 Å². The second-order valence-corrected chi connectivity index (χ2v) is 7.86. The molecule has 2 aromatic heterocycles. The van der Waals surface area contributed by atoms with Crippen LogP contribution >= 0.6 is 0 Å². The molecule has 146 valence electrons. The van der Waals surface area contributed by atoms with Crippen molar-refractivity contribution in [3.8, 4) is 5.88 Å². The molecule has 0 spiro atoms. The van der Waals surface area contributed by atoms with E-state index in [0.29, 0.717) is 6.54 Å². The van der Waals surface area contributed by atoms with Crippen LogP contribution in [0.5, 0.6) is 5.88 Å². The van der Waals surface area contributed by atoms with Crippen molar-refractivity contribution in [2.24, 2.45) is 0 Å². The summed E-state index contributed by atoms with van der Waals surface area (Å²) in [7, 11) is 0. The lowest BCUT2D eigenvalue weighted by molar-refractivity contribution is 0.293. The monoisotopic (exact) mass is 380 g/mol. The van der Waals surface area contributed by atoms with Crippen LogP contribution in [0.4, 0.5) is 0 Å². The minimum atomic E-state index is -0.529. The minimum Gasteiger partial charge on any atom is -0.494 e. The van der Waals surface area contributed by atoms with Crippen LogP contribution < -0.4 is 16.6 Å². The fourth-order valence-corrected chi connectivity index (χ4v) is 4.92. The van der Waals surface area contributed by atoms with Gasteiger partial charge in [-0.2, -0.15) is 0 Å². The highest BCUT2D eigenvalue weighted by atomic mass is 16.3. The zero-order valence-corrected chi connectivity index (χ0v) is 15.6. The van der Waals surface area contributed by atoms with Crippen molar-refractivity contribution < 1.29 is 5.11 Å². The number of aromatic amines is 2. The van der Waals surface area contributed by atoms with Crippen LogP contribution in [0.15, 0.2) is 33.9 Å². The molecule has 0 radical (unpaired) electrons. The average molecular weight is 380 g/mol. The Labute approximate surface area is 161 Å². The molecule has 1 aliphatic carbocycles. The molecule has 1 fully saturated rings. The number of aromatic nitrogens is 3. The van der Waals surface area contributed by atoms with Gasteiger partial charge in [-0.25, -0.2) is 4.79 Å². The Morgan fingerprint density at radius 1 is 1.04 bits per heavy atom. The number of hydrogen-bond donors (Lipinski definition) is 4. The molecule has 28 heavy (non-hydrogen) atoms. The Hall–Kier alpha value is -2.80. The zero-order chi connectivity index (χ0) is 19.3. The van der Waals surface area contributed by atoms with Crippen molar-refractivity contribution in [2.75, 3.05) is 6.54 Å². The van der Waals surface area contributed by atoms with Gasteiger partial charge in [0.05, 0.1) is 6.04 Å². The van der Waals surface area contributed by atoms with Crippen molar-refractivity contribution in [3.63, 3.8) is 0 Å². The van der Waals surface area contributed by atoms with E-state index in [9.17, 15) is 14.7 Å². The molecule has 4 N–H and O–H groups in total. The number of aromatic hydroxyl groups is 1. The molecule has 7 nitrogen and oxygen atoms in total. The van der Waals surface area contributed by atoms with E-state index in [-0.39, 0.29) is 17.5 Å². The third-order valence-corrected chi connectivity index (χ3v) is 6.24. The van der Waals surface area contributed by atoms with Gasteiger partial charge in [0.25, 0.3) is 5.56 Å². The lowest BCUT2D eigenvalue weighted by Gasteiger charge is -2.28. The third kappa shape index (κ3) is 2.61. The molecule has 3 aromatic rings. The van der Waals surface area contributed by atoms with Gasteiger partial charge in [0, 0.05) is 29.2 Å². The van der Waals surface area contributed by atoms with Crippen LogP contribution in [0.3, 0.4) is 0 Å². The van der Waals surface area contributed by atoms with Crippen LogP contribution in [-0.4, -0.2) is 26.2 Å². The van der Waals surface area contributed by atoms with Crippen LogP contribution in [0.1, 0.15) is 61.0 Å². The smallest absolute Gasteiger partial charge is 0.331 e. The first kappa shape index (κ1) is 17.3. The van der Waals surface area contributed by atoms with Gasteiger partial charge in [0.15, 0.2) is 0 Å². The van der Waals surface area contributed by atoms with Crippen LogP contribution in [0, 0.1) is 0 Å². The zero-order valence-electron chi connectivity index (χ0n) is 15.6. The minimum absolute atomic E-state index is 0.0670. The summed E-state index contributed by atoms with van der Waals surface area (Å²) in [5.41, 5.74) is 2.23. The van der Waals surface area contributed by atoms with Crippen molar-refractivity contribution in [1.29, 1.82) is 0 Å². The first-order chi connectivity index (χ1) is 13.6. The predicted octanol–water partition coefficient (Wildman–Crippen LogP) is 2.46. The molecular weight excluding hydrogens is 356 g/mol. The summed E-state index contributed by atoms with van der Waals surface area (Å²) >= 11 is 0. The Balaban J connectivity index is 1.69. The standard InChI is InChI=1S/C21H24N4O3/c26-19-16(20(27)25(21(28)24-19)12-6-2-1-3-7-12)18-17-14(10-11-22-18)13-8-4-5-9-15(13)23-17/h4-5,8-9,12,18,22-23,27H,1-3,6-7,10-11H2,(H,24,26,28). The highest BCUT2D eigenvalue weighted by molar-refractivity contribution is 5.85. The van der Waals surface area contributed by atoms with Crippen molar-refractivity contribution >= 4 is 10.9 Å². The topological polar surface area (TPSA) is 103 Å². The maximum atomic E-state index is 12.7. The number of nitrogens with zero attached hydrogens (tertiary/aromatic N) is 1. The summed E-state index contributed by atoms with van der Waals surface area (Å²) in [5.74, 6) is -0.204. The molecule has 1 aliphatic heterocycles. The summed E-state index contributed by atoms with van der Waals surface area (Å²) < 4.78 is 1.40. The normalized spacial score (nSPS) is 20.4. The number of fused-ring (bicyclic) bond motifs is 3. The molecule has 1 aromatic carbocycles. The maximum Gasteiger partial charge on any atom is 0.331 e. The average Bonchev–Trinajstić information content (AvgIpc) is 3.08. The van der Waals surface area contributed by atoms with Gasteiger partial charge >= 0.3 is 5.69 Å². The molecule has 5 rings (SSSR count). The molecule has 2 aliphatic rings. The quantitative estimate of drug-likeness (QED) is 0.548. The van der Waals surface area contributed by atoms with E-state index in [1.54, 1.807) is 0 Å². The summed E-state index contributed by atoms with van der Waals surface area (Å²) in [6, 6.07) is 7.51. The SMILES string of the molecule is O=c1[nH]c(=O)n(C2CCCCC2)c(O)c1C1NCCc2c1[nH]c1ccccc21. The summed E-state index contributed by atoms with van der Waals surface area (Å²) in [6.07, 6.45) is 5.72. The Kier molecular flexibility index (Phi) is 4.12. The molecule has 0 amide bonds. The number of rotatable bonds is 2. The van der Waals surface area contributed by atoms with Crippen molar-refractivity contribution in [1.82, 2.24) is 19.9 Å². The van der Waals surface area contributed by atoms with E-state index < -0.39 is 17.3 Å². The Morgan fingerprint density at radius 3 is 2.64 bits per heavy atom. The van der Waals surface area contributed by atoms with Gasteiger partial charge in [0.2, 0.25) is 5.88 Å². The number of benzene rings is 1. The highest BCUT2D eigenvalue weighted by Gasteiger charge is 2.32. The second kappa shape index (κ2) is 6.67.